The second-order valence-electron chi connectivity index (χ2n) is 7.01. The molecule has 0 aromatic carbocycles. The van der Waals surface area contributed by atoms with E-state index in [0.29, 0.717) is 11.7 Å². The summed E-state index contributed by atoms with van der Waals surface area (Å²) in [6, 6.07) is 0.186. The van der Waals surface area contributed by atoms with Gasteiger partial charge in [0.15, 0.2) is 5.82 Å². The third kappa shape index (κ3) is 5.82. The zero-order valence-corrected chi connectivity index (χ0v) is 14.6. The molecular formula is C16H28N4O3. The SMILES string of the molecule is Cc1nc(CCNCC2CCCCN2C(=O)OC(C)(C)C)no1. The predicted octanol–water partition coefficient (Wildman–Crippen LogP) is 2.30. The van der Waals surface area contributed by atoms with Gasteiger partial charge in [-0.05, 0) is 40.0 Å². The number of aromatic nitrogens is 2. The van der Waals surface area contributed by atoms with Crippen molar-refractivity contribution in [1.82, 2.24) is 20.4 Å². The maximum absolute atomic E-state index is 12.3. The highest BCUT2D eigenvalue weighted by Gasteiger charge is 2.30. The summed E-state index contributed by atoms with van der Waals surface area (Å²) in [5, 5.41) is 7.26. The van der Waals surface area contributed by atoms with Crippen LogP contribution in [0, 0.1) is 6.92 Å². The van der Waals surface area contributed by atoms with Gasteiger partial charge in [-0.25, -0.2) is 4.79 Å². The van der Waals surface area contributed by atoms with Gasteiger partial charge in [0.1, 0.15) is 5.60 Å². The van der Waals surface area contributed by atoms with Crippen molar-refractivity contribution >= 4 is 6.09 Å². The summed E-state index contributed by atoms with van der Waals surface area (Å²) in [5.41, 5.74) is -0.455. The lowest BCUT2D eigenvalue weighted by atomic mass is 10.0. The van der Waals surface area contributed by atoms with Gasteiger partial charge in [-0.1, -0.05) is 5.16 Å². The van der Waals surface area contributed by atoms with E-state index in [2.05, 4.69) is 15.5 Å². The molecule has 1 atom stereocenters. The first-order valence-electron chi connectivity index (χ1n) is 8.35. The van der Waals surface area contributed by atoms with Crippen molar-refractivity contribution < 1.29 is 14.1 Å². The third-order valence-corrected chi connectivity index (χ3v) is 3.73. The topological polar surface area (TPSA) is 80.5 Å². The van der Waals surface area contributed by atoms with Crippen LogP contribution in [0.1, 0.15) is 51.7 Å². The van der Waals surface area contributed by atoms with Crippen LogP contribution in [0.25, 0.3) is 0 Å². The number of nitrogens with zero attached hydrogens (tertiary/aromatic N) is 3. The van der Waals surface area contributed by atoms with Crippen molar-refractivity contribution in [2.45, 2.75) is 65.0 Å². The molecule has 2 rings (SSSR count). The standard InChI is InChI=1S/C16H28N4O3/c1-12-18-14(19-23-12)8-9-17-11-13-7-5-6-10-20(13)15(21)22-16(2,3)4/h13,17H,5-11H2,1-4H3. The van der Waals surface area contributed by atoms with Gasteiger partial charge in [-0.3, -0.25) is 0 Å². The summed E-state index contributed by atoms with van der Waals surface area (Å²) >= 11 is 0. The Hall–Kier alpha value is -1.63. The lowest BCUT2D eigenvalue weighted by Crippen LogP contribution is -2.50. The summed E-state index contributed by atoms with van der Waals surface area (Å²) < 4.78 is 10.5. The predicted molar refractivity (Wildman–Crippen MR) is 86.2 cm³/mol. The highest BCUT2D eigenvalue weighted by atomic mass is 16.6. The second kappa shape index (κ2) is 7.77. The molecule has 0 aliphatic carbocycles. The average Bonchev–Trinajstić information content (AvgIpc) is 2.88. The summed E-state index contributed by atoms with van der Waals surface area (Å²) in [5.74, 6) is 1.30. The Labute approximate surface area is 137 Å². The van der Waals surface area contributed by atoms with Gasteiger partial charge in [0.25, 0.3) is 0 Å². The van der Waals surface area contributed by atoms with E-state index in [1.165, 1.54) is 0 Å². The van der Waals surface area contributed by atoms with Crippen molar-refractivity contribution in [2.24, 2.45) is 0 Å². The minimum absolute atomic E-state index is 0.186. The van der Waals surface area contributed by atoms with Crippen LogP contribution >= 0.6 is 0 Å². The number of likely N-dealkylation sites (tertiary alicyclic amines) is 1. The number of aryl methyl sites for hydroxylation is 1. The Bertz CT molecular complexity index is 510. The first-order chi connectivity index (χ1) is 10.8. The van der Waals surface area contributed by atoms with Crippen LogP contribution in [0.4, 0.5) is 4.79 Å². The van der Waals surface area contributed by atoms with Crippen molar-refractivity contribution in [1.29, 1.82) is 0 Å². The number of amides is 1. The highest BCUT2D eigenvalue weighted by Crippen LogP contribution is 2.20. The Morgan fingerprint density at radius 1 is 1.43 bits per heavy atom. The largest absolute Gasteiger partial charge is 0.444 e. The van der Waals surface area contributed by atoms with E-state index in [1.807, 2.05) is 25.7 Å². The first kappa shape index (κ1) is 17.7. The number of carbonyl (C=O) groups is 1. The summed E-state index contributed by atoms with van der Waals surface area (Å²) in [4.78, 5) is 18.4. The normalized spacial score (nSPS) is 19.0. The Morgan fingerprint density at radius 3 is 2.87 bits per heavy atom. The second-order valence-corrected chi connectivity index (χ2v) is 7.01. The fraction of sp³-hybridized carbons (Fsp3) is 0.812. The molecule has 1 unspecified atom stereocenters. The van der Waals surface area contributed by atoms with E-state index in [1.54, 1.807) is 6.92 Å². The van der Waals surface area contributed by atoms with Crippen LogP contribution in [-0.2, 0) is 11.2 Å². The molecule has 1 aromatic rings. The van der Waals surface area contributed by atoms with Crippen molar-refractivity contribution in [3.05, 3.63) is 11.7 Å². The third-order valence-electron chi connectivity index (χ3n) is 3.73. The number of rotatable bonds is 5. The lowest BCUT2D eigenvalue weighted by molar-refractivity contribution is 0.00999. The van der Waals surface area contributed by atoms with Gasteiger partial charge >= 0.3 is 6.09 Å². The number of hydrogen-bond donors (Lipinski definition) is 1. The summed E-state index contributed by atoms with van der Waals surface area (Å²) in [6.07, 6.45) is 3.70. The molecule has 1 aliphatic heterocycles. The maximum Gasteiger partial charge on any atom is 0.410 e. The Balaban J connectivity index is 1.78. The van der Waals surface area contributed by atoms with E-state index in [0.717, 1.165) is 45.3 Å². The maximum atomic E-state index is 12.3. The zero-order chi connectivity index (χ0) is 16.9. The van der Waals surface area contributed by atoms with Gasteiger partial charge in [0.05, 0.1) is 0 Å². The van der Waals surface area contributed by atoms with Crippen LogP contribution < -0.4 is 5.32 Å². The molecule has 1 N–H and O–H groups in total. The molecule has 2 heterocycles. The summed E-state index contributed by atoms with van der Waals surface area (Å²) in [7, 11) is 0. The smallest absolute Gasteiger partial charge is 0.410 e. The van der Waals surface area contributed by atoms with Gasteiger partial charge in [-0.15, -0.1) is 0 Å². The highest BCUT2D eigenvalue weighted by molar-refractivity contribution is 5.68. The molecule has 1 saturated heterocycles. The van der Waals surface area contributed by atoms with E-state index >= 15 is 0 Å². The molecule has 0 radical (unpaired) electrons. The number of piperidine rings is 1. The monoisotopic (exact) mass is 324 g/mol. The number of hydrogen-bond acceptors (Lipinski definition) is 6. The van der Waals surface area contributed by atoms with Crippen LogP contribution in [0.5, 0.6) is 0 Å². The van der Waals surface area contributed by atoms with Crippen LogP contribution in [0.3, 0.4) is 0 Å². The average molecular weight is 324 g/mol. The molecule has 1 amide bonds. The molecule has 7 heteroatoms. The molecule has 1 aromatic heterocycles. The van der Waals surface area contributed by atoms with E-state index in [4.69, 9.17) is 9.26 Å². The van der Waals surface area contributed by atoms with Gasteiger partial charge < -0.3 is 19.5 Å². The molecule has 1 aliphatic rings. The Kier molecular flexibility index (Phi) is 5.98. The van der Waals surface area contributed by atoms with E-state index < -0.39 is 5.60 Å². The summed E-state index contributed by atoms with van der Waals surface area (Å²) in [6.45, 7) is 9.77. The van der Waals surface area contributed by atoms with Crippen molar-refractivity contribution in [2.75, 3.05) is 19.6 Å². The molecule has 7 nitrogen and oxygen atoms in total. The zero-order valence-electron chi connectivity index (χ0n) is 14.6. The van der Waals surface area contributed by atoms with Crippen LogP contribution in [-0.4, -0.2) is 52.4 Å². The molecular weight excluding hydrogens is 296 g/mol. The van der Waals surface area contributed by atoms with E-state index in [-0.39, 0.29) is 12.1 Å². The van der Waals surface area contributed by atoms with Gasteiger partial charge in [0, 0.05) is 39.0 Å². The fourth-order valence-corrected chi connectivity index (χ4v) is 2.69. The number of nitrogens with one attached hydrogen (secondary N) is 1. The fourth-order valence-electron chi connectivity index (χ4n) is 2.69. The molecule has 1 fully saturated rings. The minimum Gasteiger partial charge on any atom is -0.444 e. The van der Waals surface area contributed by atoms with Crippen molar-refractivity contribution in [3.8, 4) is 0 Å². The minimum atomic E-state index is -0.455. The first-order valence-corrected chi connectivity index (χ1v) is 8.35. The Morgan fingerprint density at radius 2 is 2.22 bits per heavy atom. The molecule has 130 valence electrons. The number of carbonyl (C=O) groups excluding carboxylic acids is 1. The van der Waals surface area contributed by atoms with Crippen LogP contribution in [0.15, 0.2) is 4.52 Å². The van der Waals surface area contributed by atoms with E-state index in [9.17, 15) is 4.79 Å². The van der Waals surface area contributed by atoms with Gasteiger partial charge in [-0.2, -0.15) is 4.98 Å². The molecule has 0 saturated carbocycles. The molecule has 0 spiro atoms. The van der Waals surface area contributed by atoms with Crippen LogP contribution in [0.2, 0.25) is 0 Å². The quantitative estimate of drug-likeness (QED) is 0.837. The van der Waals surface area contributed by atoms with Gasteiger partial charge in [0.2, 0.25) is 5.89 Å². The number of ether oxygens (including phenoxy) is 1. The molecule has 0 bridgehead atoms. The lowest BCUT2D eigenvalue weighted by Gasteiger charge is -2.36. The van der Waals surface area contributed by atoms with Crippen molar-refractivity contribution in [3.63, 3.8) is 0 Å². The molecule has 23 heavy (non-hydrogen) atoms.